The number of hydrogen-bond donors (Lipinski definition) is 0. The average Bonchev–Trinajstić information content (AvgIpc) is 2.89. The van der Waals surface area contributed by atoms with Crippen molar-refractivity contribution in [3.63, 3.8) is 0 Å². The summed E-state index contributed by atoms with van der Waals surface area (Å²) in [5.74, 6) is 2.60. The highest BCUT2D eigenvalue weighted by molar-refractivity contribution is 6.35. The summed E-state index contributed by atoms with van der Waals surface area (Å²) in [6.45, 7) is 9.25. The molecule has 2 aromatic heterocycles. The molecule has 2 saturated heterocycles. The van der Waals surface area contributed by atoms with Crippen LogP contribution in [0.15, 0.2) is 42.7 Å². The van der Waals surface area contributed by atoms with E-state index in [-0.39, 0.29) is 0 Å². The van der Waals surface area contributed by atoms with Gasteiger partial charge in [0.1, 0.15) is 5.82 Å². The van der Waals surface area contributed by atoms with E-state index in [0.717, 1.165) is 74.4 Å². The van der Waals surface area contributed by atoms with E-state index in [1.54, 1.807) is 18.5 Å². The molecule has 3 aromatic rings. The van der Waals surface area contributed by atoms with Gasteiger partial charge in [0, 0.05) is 54.4 Å². The van der Waals surface area contributed by atoms with Crippen molar-refractivity contribution in [2.75, 3.05) is 51.2 Å². The molecule has 2 aliphatic heterocycles. The van der Waals surface area contributed by atoms with Crippen molar-refractivity contribution >= 4 is 29.0 Å². The Morgan fingerprint density at radius 2 is 1.59 bits per heavy atom. The minimum atomic E-state index is 0.418. The fraction of sp³-hybridized carbons (Fsp3) is 0.464. The van der Waals surface area contributed by atoms with E-state index >= 15 is 0 Å². The monoisotopic (exact) mass is 540 g/mol. The van der Waals surface area contributed by atoms with Crippen LogP contribution in [-0.2, 0) is 6.54 Å². The van der Waals surface area contributed by atoms with Gasteiger partial charge in [0.2, 0.25) is 11.8 Å². The molecule has 0 bridgehead atoms. The first kappa shape index (κ1) is 26.2. The van der Waals surface area contributed by atoms with Crippen LogP contribution < -0.4 is 9.64 Å². The molecule has 0 saturated carbocycles. The lowest BCUT2D eigenvalue weighted by atomic mass is 9.94. The van der Waals surface area contributed by atoms with Crippen LogP contribution in [0.2, 0.25) is 10.0 Å². The number of ether oxygens (including phenoxy) is 1. The van der Waals surface area contributed by atoms with E-state index in [2.05, 4.69) is 44.7 Å². The van der Waals surface area contributed by atoms with Crippen LogP contribution in [0.4, 0.5) is 5.82 Å². The van der Waals surface area contributed by atoms with E-state index in [1.165, 1.54) is 19.3 Å². The van der Waals surface area contributed by atoms with Crippen molar-refractivity contribution in [2.45, 2.75) is 32.7 Å². The number of aromatic nitrogens is 3. The topological polar surface area (TPSA) is 57.6 Å². The van der Waals surface area contributed by atoms with Gasteiger partial charge in [0.15, 0.2) is 0 Å². The number of likely N-dealkylation sites (N-methyl/N-ethyl adjacent to an activating group) is 1. The molecule has 1 aromatic carbocycles. The smallest absolute Gasteiger partial charge is 0.239 e. The molecule has 2 aliphatic rings. The van der Waals surface area contributed by atoms with Crippen LogP contribution in [0.5, 0.6) is 11.8 Å². The molecule has 2 fully saturated rings. The molecular weight excluding hydrogens is 507 g/mol. The predicted molar refractivity (Wildman–Crippen MR) is 150 cm³/mol. The van der Waals surface area contributed by atoms with Gasteiger partial charge in [-0.2, -0.15) is 0 Å². The fourth-order valence-corrected chi connectivity index (χ4v) is 5.56. The van der Waals surface area contributed by atoms with Gasteiger partial charge in [-0.25, -0.2) is 15.0 Å². The fourth-order valence-electron chi connectivity index (χ4n) is 5.03. The van der Waals surface area contributed by atoms with Crippen molar-refractivity contribution in [3.8, 4) is 23.0 Å². The summed E-state index contributed by atoms with van der Waals surface area (Å²) in [7, 11) is 2.14. The first-order chi connectivity index (χ1) is 17.9. The van der Waals surface area contributed by atoms with Crippen LogP contribution in [-0.4, -0.2) is 71.1 Å². The zero-order valence-electron chi connectivity index (χ0n) is 21.5. The van der Waals surface area contributed by atoms with Gasteiger partial charge < -0.3 is 14.5 Å². The van der Waals surface area contributed by atoms with Gasteiger partial charge in [0.05, 0.1) is 18.1 Å². The highest BCUT2D eigenvalue weighted by Gasteiger charge is 2.19. The highest BCUT2D eigenvalue weighted by atomic mass is 35.5. The summed E-state index contributed by atoms with van der Waals surface area (Å²) in [6.07, 6.45) is 7.21. The number of benzene rings is 1. The third-order valence-electron chi connectivity index (χ3n) is 7.36. The summed E-state index contributed by atoms with van der Waals surface area (Å²) in [4.78, 5) is 21.0. The SMILES string of the molecule is CCC1CCN(Cc2cc(Oc3cnc(N4CCN(C)CC4)cn3)nc(-c3cc(Cl)cc(Cl)c3)c2)CC1. The number of hydrogen-bond acceptors (Lipinski definition) is 7. The Morgan fingerprint density at radius 3 is 2.24 bits per heavy atom. The number of anilines is 1. The third kappa shape index (κ3) is 6.90. The largest absolute Gasteiger partial charge is 0.419 e. The van der Waals surface area contributed by atoms with Crippen molar-refractivity contribution in [2.24, 2.45) is 5.92 Å². The summed E-state index contributed by atoms with van der Waals surface area (Å²) in [5.41, 5.74) is 2.75. The molecule has 5 rings (SSSR count). The van der Waals surface area contributed by atoms with Gasteiger partial charge >= 0.3 is 0 Å². The molecule has 0 spiro atoms. The Balaban J connectivity index is 1.37. The molecule has 4 heterocycles. The summed E-state index contributed by atoms with van der Waals surface area (Å²) in [5, 5.41) is 1.15. The molecule has 196 valence electrons. The maximum absolute atomic E-state index is 6.30. The van der Waals surface area contributed by atoms with Crippen LogP contribution in [0.25, 0.3) is 11.3 Å². The summed E-state index contributed by atoms with van der Waals surface area (Å²) < 4.78 is 6.13. The van der Waals surface area contributed by atoms with E-state index < -0.39 is 0 Å². The van der Waals surface area contributed by atoms with E-state index in [1.807, 2.05) is 18.2 Å². The number of halogens is 2. The summed E-state index contributed by atoms with van der Waals surface area (Å²) >= 11 is 12.6. The zero-order chi connectivity index (χ0) is 25.8. The Kier molecular flexibility index (Phi) is 8.45. The highest BCUT2D eigenvalue weighted by Crippen LogP contribution is 2.31. The van der Waals surface area contributed by atoms with Gasteiger partial charge in [0.25, 0.3) is 0 Å². The van der Waals surface area contributed by atoms with Gasteiger partial charge in [-0.05, 0) is 68.7 Å². The van der Waals surface area contributed by atoms with Crippen LogP contribution in [0.3, 0.4) is 0 Å². The lowest BCUT2D eigenvalue weighted by molar-refractivity contribution is 0.175. The first-order valence-corrected chi connectivity index (χ1v) is 13.8. The number of piperazine rings is 1. The molecule has 0 aliphatic carbocycles. The number of rotatable bonds is 7. The molecule has 37 heavy (non-hydrogen) atoms. The first-order valence-electron chi connectivity index (χ1n) is 13.1. The quantitative estimate of drug-likeness (QED) is 0.363. The van der Waals surface area contributed by atoms with Crippen molar-refractivity contribution in [3.05, 3.63) is 58.3 Å². The average molecular weight is 542 g/mol. The second-order valence-electron chi connectivity index (χ2n) is 10.1. The molecular formula is C28H34Cl2N6O. The third-order valence-corrected chi connectivity index (χ3v) is 7.80. The predicted octanol–water partition coefficient (Wildman–Crippen LogP) is 6.01. The van der Waals surface area contributed by atoms with Crippen LogP contribution in [0.1, 0.15) is 31.7 Å². The van der Waals surface area contributed by atoms with E-state index in [4.69, 9.17) is 32.9 Å². The van der Waals surface area contributed by atoms with Crippen molar-refractivity contribution in [1.82, 2.24) is 24.8 Å². The Labute approximate surface area is 229 Å². The van der Waals surface area contributed by atoms with Gasteiger partial charge in [-0.15, -0.1) is 0 Å². The minimum absolute atomic E-state index is 0.418. The van der Waals surface area contributed by atoms with E-state index in [9.17, 15) is 0 Å². The van der Waals surface area contributed by atoms with Crippen molar-refractivity contribution in [1.29, 1.82) is 0 Å². The molecule has 7 nitrogen and oxygen atoms in total. The number of pyridine rings is 1. The molecule has 0 atom stereocenters. The normalized spacial score (nSPS) is 17.8. The second kappa shape index (κ2) is 11.9. The molecule has 0 unspecified atom stereocenters. The Bertz CT molecular complexity index is 1170. The molecule has 0 radical (unpaired) electrons. The molecule has 0 amide bonds. The summed E-state index contributed by atoms with van der Waals surface area (Å²) in [6, 6.07) is 9.57. The van der Waals surface area contributed by atoms with Crippen LogP contribution in [0, 0.1) is 5.92 Å². The number of piperidine rings is 1. The maximum atomic E-state index is 6.30. The lowest BCUT2D eigenvalue weighted by Gasteiger charge is -2.32. The van der Waals surface area contributed by atoms with Gasteiger partial charge in [-0.3, -0.25) is 4.90 Å². The lowest BCUT2D eigenvalue weighted by Crippen LogP contribution is -2.44. The molecule has 0 N–H and O–H groups in total. The standard InChI is InChI=1S/C28H34Cl2N6O/c1-3-20-4-6-35(7-5-20)19-21-12-25(22-14-23(29)16-24(30)15-22)33-27(13-21)37-28-18-31-26(17-32-28)36-10-8-34(2)9-11-36/h12-18,20H,3-11,19H2,1-2H3. The zero-order valence-corrected chi connectivity index (χ0v) is 23.0. The Morgan fingerprint density at radius 1 is 0.865 bits per heavy atom. The number of likely N-dealkylation sites (tertiary alicyclic amines) is 1. The van der Waals surface area contributed by atoms with E-state index in [0.29, 0.717) is 21.8 Å². The van der Waals surface area contributed by atoms with Crippen LogP contribution >= 0.6 is 23.2 Å². The molecule has 9 heteroatoms. The second-order valence-corrected chi connectivity index (χ2v) is 11.0. The van der Waals surface area contributed by atoms with Gasteiger partial charge in [-0.1, -0.05) is 36.5 Å². The van der Waals surface area contributed by atoms with Crippen molar-refractivity contribution < 1.29 is 4.74 Å². The minimum Gasteiger partial charge on any atom is -0.419 e. The Hall–Kier alpha value is -2.45. The maximum Gasteiger partial charge on any atom is 0.239 e. The number of nitrogens with zero attached hydrogens (tertiary/aromatic N) is 6.